The van der Waals surface area contributed by atoms with E-state index in [0.29, 0.717) is 16.6 Å². The molecule has 0 aliphatic carbocycles. The second kappa shape index (κ2) is 7.40. The van der Waals surface area contributed by atoms with Crippen LogP contribution in [0.2, 0.25) is 0 Å². The molecule has 0 saturated heterocycles. The zero-order valence-corrected chi connectivity index (χ0v) is 16.7. The van der Waals surface area contributed by atoms with Crippen molar-refractivity contribution >= 4 is 16.7 Å². The molecular weight excluding hydrogens is 464 g/mol. The summed E-state index contributed by atoms with van der Waals surface area (Å²) >= 11 is 0. The van der Waals surface area contributed by atoms with Crippen molar-refractivity contribution in [2.45, 2.75) is 12.4 Å². The number of pyridine rings is 1. The zero-order valence-electron chi connectivity index (χ0n) is 16.7. The minimum absolute atomic E-state index is 0.0459. The van der Waals surface area contributed by atoms with E-state index >= 15 is 0 Å². The van der Waals surface area contributed by atoms with Crippen LogP contribution in [0.5, 0.6) is 0 Å². The summed E-state index contributed by atoms with van der Waals surface area (Å²) in [5.41, 5.74) is -0.824. The lowest BCUT2D eigenvalue weighted by atomic mass is 10.1. The number of rotatable bonds is 2. The van der Waals surface area contributed by atoms with Gasteiger partial charge in [0.15, 0.2) is 5.82 Å². The molecule has 6 nitrogen and oxygen atoms in total. The molecule has 0 spiro atoms. The molecule has 3 heterocycles. The number of hydrogen-bond donors (Lipinski definition) is 1. The maximum absolute atomic E-state index is 12.9. The summed E-state index contributed by atoms with van der Waals surface area (Å²) in [5.74, 6) is 0.0969. The van der Waals surface area contributed by atoms with Gasteiger partial charge in [-0.3, -0.25) is 9.78 Å². The molecule has 0 saturated carbocycles. The Morgan fingerprint density at radius 3 is 2.09 bits per heavy atom. The predicted molar refractivity (Wildman–Crippen MR) is 110 cm³/mol. The predicted octanol–water partition coefficient (Wildman–Crippen LogP) is 5.34. The molecule has 5 rings (SSSR count). The first-order chi connectivity index (χ1) is 16.0. The normalized spacial score (nSPS) is 12.5. The van der Waals surface area contributed by atoms with Gasteiger partial charge in [-0.1, -0.05) is 24.3 Å². The van der Waals surface area contributed by atoms with Gasteiger partial charge in [-0.15, -0.1) is 5.10 Å². The fourth-order valence-corrected chi connectivity index (χ4v) is 3.45. The van der Waals surface area contributed by atoms with E-state index < -0.39 is 29.2 Å². The maximum atomic E-state index is 12.9. The van der Waals surface area contributed by atoms with Crippen LogP contribution in [0.4, 0.5) is 26.3 Å². The highest BCUT2D eigenvalue weighted by Gasteiger charge is 2.32. The third-order valence-electron chi connectivity index (χ3n) is 5.15. The van der Waals surface area contributed by atoms with Gasteiger partial charge in [-0.05, 0) is 35.9 Å². The molecule has 0 unspecified atom stereocenters. The first kappa shape index (κ1) is 21.6. The molecule has 2 aromatic carbocycles. The van der Waals surface area contributed by atoms with Crippen LogP contribution in [0.25, 0.3) is 39.2 Å². The average Bonchev–Trinajstić information content (AvgIpc) is 3.22. The molecule has 0 atom stereocenters. The second-order valence-electron chi connectivity index (χ2n) is 7.37. The van der Waals surface area contributed by atoms with Crippen LogP contribution < -0.4 is 5.56 Å². The van der Waals surface area contributed by atoms with Crippen molar-refractivity contribution < 1.29 is 26.3 Å². The van der Waals surface area contributed by atoms with Gasteiger partial charge in [0.1, 0.15) is 5.69 Å². The summed E-state index contributed by atoms with van der Waals surface area (Å²) in [7, 11) is 0. The second-order valence-corrected chi connectivity index (χ2v) is 7.37. The Morgan fingerprint density at radius 2 is 1.47 bits per heavy atom. The standard InChI is InChI=1S/C22H11F6N5O/c23-21(24,25)14-5-1-11(2-6-14)18-31-20-30-16-9-12(3-7-15(16)19(34)33(20)32-18)13-4-8-17(29-10-13)22(26,27)28/h1-10H,(H,30,31,32). The molecule has 3 aromatic heterocycles. The third-order valence-corrected chi connectivity index (χ3v) is 5.15. The smallest absolute Gasteiger partial charge is 0.323 e. The topological polar surface area (TPSA) is 75.9 Å². The van der Waals surface area contributed by atoms with Crippen LogP contribution in [-0.4, -0.2) is 24.6 Å². The van der Waals surface area contributed by atoms with Gasteiger partial charge in [0.05, 0.1) is 16.5 Å². The Labute approximate surface area is 185 Å². The molecular formula is C22H11F6N5O. The molecule has 5 aromatic rings. The summed E-state index contributed by atoms with van der Waals surface area (Å²) in [5, 5.41) is 4.34. The van der Waals surface area contributed by atoms with Crippen LogP contribution >= 0.6 is 0 Å². The minimum atomic E-state index is -4.56. The molecule has 0 aliphatic rings. The lowest BCUT2D eigenvalue weighted by molar-refractivity contribution is -0.141. The van der Waals surface area contributed by atoms with Crippen LogP contribution in [0.15, 0.2) is 65.6 Å². The molecule has 1 N–H and O–H groups in total. The van der Waals surface area contributed by atoms with Crippen molar-refractivity contribution in [3.8, 4) is 22.5 Å². The summed E-state index contributed by atoms with van der Waals surface area (Å²) < 4.78 is 77.6. The number of aromatic amines is 1. The van der Waals surface area contributed by atoms with Gasteiger partial charge >= 0.3 is 12.4 Å². The first-order valence-corrected chi connectivity index (χ1v) is 9.65. The minimum Gasteiger partial charge on any atom is -0.323 e. The molecule has 12 heteroatoms. The molecule has 0 amide bonds. The largest absolute Gasteiger partial charge is 0.433 e. The Balaban J connectivity index is 1.56. The van der Waals surface area contributed by atoms with E-state index in [9.17, 15) is 31.1 Å². The SMILES string of the molecule is O=c1c2ccc(-c3ccc(C(F)(F)F)nc3)cc2[nH]c2nc(-c3ccc(C(F)(F)F)cc3)nn12. The molecule has 0 bridgehead atoms. The molecule has 34 heavy (non-hydrogen) atoms. The Hall–Kier alpha value is -4.22. The van der Waals surface area contributed by atoms with Gasteiger partial charge < -0.3 is 4.98 Å². The van der Waals surface area contributed by atoms with Gasteiger partial charge in [0.2, 0.25) is 5.78 Å². The number of fused-ring (bicyclic) bond motifs is 2. The fourth-order valence-electron chi connectivity index (χ4n) is 3.45. The summed E-state index contributed by atoms with van der Waals surface area (Å²) in [4.78, 5) is 23.4. The highest BCUT2D eigenvalue weighted by Crippen LogP contribution is 2.31. The van der Waals surface area contributed by atoms with Crippen LogP contribution in [-0.2, 0) is 12.4 Å². The zero-order chi connectivity index (χ0) is 24.3. The highest BCUT2D eigenvalue weighted by molar-refractivity contribution is 5.84. The number of benzene rings is 2. The van der Waals surface area contributed by atoms with E-state index in [4.69, 9.17) is 0 Å². The summed E-state index contributed by atoms with van der Waals surface area (Å²) in [6.07, 6.45) is -7.96. The van der Waals surface area contributed by atoms with E-state index in [0.717, 1.165) is 28.9 Å². The lowest BCUT2D eigenvalue weighted by Gasteiger charge is -2.07. The van der Waals surface area contributed by atoms with Crippen molar-refractivity contribution in [3.63, 3.8) is 0 Å². The summed E-state index contributed by atoms with van der Waals surface area (Å²) in [6, 6.07) is 10.9. The Bertz CT molecular complexity index is 1580. The van der Waals surface area contributed by atoms with Gasteiger partial charge in [0.25, 0.3) is 5.56 Å². The van der Waals surface area contributed by atoms with Crippen LogP contribution in [0.1, 0.15) is 11.3 Å². The average molecular weight is 475 g/mol. The maximum Gasteiger partial charge on any atom is 0.433 e. The Morgan fingerprint density at radius 1 is 0.794 bits per heavy atom. The van der Waals surface area contributed by atoms with Gasteiger partial charge in [-0.2, -0.15) is 35.8 Å². The van der Waals surface area contributed by atoms with Crippen LogP contribution in [0, 0.1) is 0 Å². The summed E-state index contributed by atoms with van der Waals surface area (Å²) in [6.45, 7) is 0. The number of alkyl halides is 6. The quantitative estimate of drug-likeness (QED) is 0.350. The molecule has 0 fully saturated rings. The monoisotopic (exact) mass is 475 g/mol. The number of hydrogen-bond acceptors (Lipinski definition) is 4. The van der Waals surface area contributed by atoms with E-state index in [-0.39, 0.29) is 22.6 Å². The van der Waals surface area contributed by atoms with E-state index in [1.165, 1.54) is 24.3 Å². The third kappa shape index (κ3) is 3.76. The van der Waals surface area contributed by atoms with Crippen molar-refractivity contribution in [1.29, 1.82) is 0 Å². The first-order valence-electron chi connectivity index (χ1n) is 9.65. The number of halogens is 6. The Kier molecular flexibility index (Phi) is 4.71. The van der Waals surface area contributed by atoms with E-state index in [2.05, 4.69) is 20.1 Å². The molecule has 0 aliphatic heterocycles. The molecule has 172 valence electrons. The fraction of sp³-hybridized carbons (Fsp3) is 0.0909. The van der Waals surface area contributed by atoms with Crippen molar-refractivity contribution in [2.75, 3.05) is 0 Å². The number of nitrogens with one attached hydrogen (secondary N) is 1. The number of nitrogens with zero attached hydrogens (tertiary/aromatic N) is 4. The number of H-pyrrole nitrogens is 1. The van der Waals surface area contributed by atoms with Crippen LogP contribution in [0.3, 0.4) is 0 Å². The van der Waals surface area contributed by atoms with E-state index in [1.54, 1.807) is 12.1 Å². The lowest BCUT2D eigenvalue weighted by Crippen LogP contribution is -2.15. The number of aromatic nitrogens is 5. The van der Waals surface area contributed by atoms with Crippen molar-refractivity contribution in [2.24, 2.45) is 0 Å². The highest BCUT2D eigenvalue weighted by atomic mass is 19.4. The van der Waals surface area contributed by atoms with Gasteiger partial charge in [-0.25, -0.2) is 0 Å². The van der Waals surface area contributed by atoms with Crippen molar-refractivity contribution in [1.82, 2.24) is 24.6 Å². The molecule has 0 radical (unpaired) electrons. The van der Waals surface area contributed by atoms with Crippen molar-refractivity contribution in [3.05, 3.63) is 82.4 Å². The van der Waals surface area contributed by atoms with Gasteiger partial charge in [0, 0.05) is 17.3 Å². The van der Waals surface area contributed by atoms with E-state index in [1.807, 2.05) is 0 Å².